The third-order valence-corrected chi connectivity index (χ3v) is 1.78. The average molecular weight is 387 g/mol. The average Bonchev–Trinajstić information content (AvgIpc) is 3.10. The Bertz CT molecular complexity index is 295. The van der Waals surface area contributed by atoms with E-state index in [1.54, 1.807) is 0 Å². The summed E-state index contributed by atoms with van der Waals surface area (Å²) in [4.78, 5) is 0. The largest absolute Gasteiger partial charge is 4.00 e. The van der Waals surface area contributed by atoms with Gasteiger partial charge in [-0.05, 0) is 0 Å². The van der Waals surface area contributed by atoms with Crippen molar-refractivity contribution < 1.29 is 27.3 Å². The molecule has 0 nitrogen and oxygen atoms in total. The molecule has 0 amide bonds. The van der Waals surface area contributed by atoms with E-state index < -0.39 is 0 Å². The Hall–Kier alpha value is -0.950. The second-order valence-corrected chi connectivity index (χ2v) is 3.08. The molecule has 0 atom stereocenters. The molecule has 1 aromatic carbocycles. The fourth-order valence-corrected chi connectivity index (χ4v) is 1.02. The van der Waals surface area contributed by atoms with Crippen LogP contribution in [0.1, 0.15) is 14.3 Å². The van der Waals surface area contributed by atoms with E-state index in [1.165, 1.54) is 0 Å². The first-order valence-electron chi connectivity index (χ1n) is 5.34. The van der Waals surface area contributed by atoms with Gasteiger partial charge in [-0.1, -0.05) is 0 Å². The van der Waals surface area contributed by atoms with Crippen molar-refractivity contribution in [3.05, 3.63) is 85.0 Å². The zero-order valence-corrected chi connectivity index (χ0v) is 13.4. The first-order chi connectivity index (χ1) is 8.00. The quantitative estimate of drug-likeness (QED) is 0.463. The summed E-state index contributed by atoms with van der Waals surface area (Å²) in [6.45, 7) is 0. The van der Waals surface area contributed by atoms with Gasteiger partial charge in [0.2, 0.25) is 0 Å². The Balaban J connectivity index is 0. The van der Waals surface area contributed by atoms with Gasteiger partial charge in [0.1, 0.15) is 0 Å². The SMILES string of the molecule is [C-]1=CC=CC1.[C-]1=CC=CC1.[H-].[Hf+4].[c-]1ccccc1. The molecule has 0 heterocycles. The molecular formula is C16H16Hf. The third kappa shape index (κ3) is 11.3. The standard InChI is InChI=1S/C6H5.2C5H5.Hf.H/c1-2-4-6-5-3-1;2*1-2-4-5-3-1;;/h1-5H;2*1-3H,4H2;;/q3*-1;+4;-1. The maximum atomic E-state index is 2.99. The van der Waals surface area contributed by atoms with Gasteiger partial charge in [-0.3, -0.25) is 12.2 Å². The van der Waals surface area contributed by atoms with Crippen molar-refractivity contribution in [2.75, 3.05) is 0 Å². The van der Waals surface area contributed by atoms with Crippen molar-refractivity contribution in [2.24, 2.45) is 0 Å². The van der Waals surface area contributed by atoms with Crippen LogP contribution in [0.25, 0.3) is 0 Å². The number of benzene rings is 1. The van der Waals surface area contributed by atoms with Crippen LogP contribution in [0, 0.1) is 18.2 Å². The summed E-state index contributed by atoms with van der Waals surface area (Å²) in [6.07, 6.45) is 20.0. The van der Waals surface area contributed by atoms with Gasteiger partial charge in [0.25, 0.3) is 0 Å². The molecule has 0 spiro atoms. The number of allylic oxidation sites excluding steroid dienone is 8. The molecule has 1 heteroatoms. The van der Waals surface area contributed by atoms with Gasteiger partial charge in [-0.2, -0.15) is 48.6 Å². The van der Waals surface area contributed by atoms with Crippen molar-refractivity contribution >= 4 is 0 Å². The van der Waals surface area contributed by atoms with E-state index in [9.17, 15) is 0 Å². The van der Waals surface area contributed by atoms with E-state index in [4.69, 9.17) is 0 Å². The van der Waals surface area contributed by atoms with Gasteiger partial charge in [-0.25, -0.2) is 24.3 Å². The van der Waals surface area contributed by atoms with Crippen LogP contribution in [0.3, 0.4) is 0 Å². The molecule has 0 N–H and O–H groups in total. The van der Waals surface area contributed by atoms with Gasteiger partial charge >= 0.3 is 25.8 Å². The Morgan fingerprint density at radius 1 is 0.765 bits per heavy atom. The molecule has 0 fully saturated rings. The zero-order chi connectivity index (χ0) is 11.3. The predicted octanol–water partition coefficient (Wildman–Crippen LogP) is 4.21. The molecule has 0 bridgehead atoms. The van der Waals surface area contributed by atoms with Crippen LogP contribution >= 0.6 is 0 Å². The smallest absolute Gasteiger partial charge is 1.00 e. The van der Waals surface area contributed by atoms with Crippen LogP contribution in [-0.2, 0) is 25.8 Å². The van der Waals surface area contributed by atoms with Gasteiger partial charge in [0.15, 0.2) is 0 Å². The molecule has 3 rings (SSSR count). The fourth-order valence-electron chi connectivity index (χ4n) is 1.02. The second kappa shape index (κ2) is 13.1. The van der Waals surface area contributed by atoms with Crippen LogP contribution in [0.4, 0.5) is 0 Å². The van der Waals surface area contributed by atoms with Crippen molar-refractivity contribution in [3.8, 4) is 0 Å². The van der Waals surface area contributed by atoms with E-state index in [-0.39, 0.29) is 27.3 Å². The number of hydrogen-bond donors (Lipinski definition) is 0. The molecule has 0 unspecified atom stereocenters. The molecule has 0 saturated carbocycles. The summed E-state index contributed by atoms with van der Waals surface area (Å²) in [6, 6.07) is 12.5. The third-order valence-electron chi connectivity index (χ3n) is 1.78. The molecule has 0 aromatic heterocycles. The minimum Gasteiger partial charge on any atom is -1.00 e. The van der Waals surface area contributed by atoms with Crippen molar-refractivity contribution in [1.29, 1.82) is 0 Å². The van der Waals surface area contributed by atoms with E-state index >= 15 is 0 Å². The first kappa shape index (κ1) is 16.1. The molecule has 84 valence electrons. The molecule has 0 radical (unpaired) electrons. The van der Waals surface area contributed by atoms with E-state index in [1.807, 2.05) is 54.6 Å². The van der Waals surface area contributed by atoms with Gasteiger partial charge in [0, 0.05) is 0 Å². The van der Waals surface area contributed by atoms with Crippen LogP contribution < -0.4 is 0 Å². The van der Waals surface area contributed by atoms with Crippen LogP contribution in [-0.4, -0.2) is 0 Å². The summed E-state index contributed by atoms with van der Waals surface area (Å²) in [5.41, 5.74) is 0. The minimum absolute atomic E-state index is 0. The summed E-state index contributed by atoms with van der Waals surface area (Å²) in [5.74, 6) is 0. The van der Waals surface area contributed by atoms with Gasteiger partial charge in [0.05, 0.1) is 0 Å². The fraction of sp³-hybridized carbons (Fsp3) is 0.125. The molecule has 0 aliphatic heterocycles. The maximum absolute atomic E-state index is 2.99. The monoisotopic (exact) mass is 388 g/mol. The molecule has 2 aliphatic rings. The van der Waals surface area contributed by atoms with Crippen molar-refractivity contribution in [1.82, 2.24) is 0 Å². The summed E-state index contributed by atoms with van der Waals surface area (Å²) in [7, 11) is 0. The Kier molecular flexibility index (Phi) is 12.4. The second-order valence-electron chi connectivity index (χ2n) is 3.08. The van der Waals surface area contributed by atoms with Crippen molar-refractivity contribution in [2.45, 2.75) is 12.8 Å². The molecule has 0 saturated heterocycles. The number of hydrogen-bond acceptors (Lipinski definition) is 0. The van der Waals surface area contributed by atoms with E-state index in [2.05, 4.69) is 30.4 Å². The van der Waals surface area contributed by atoms with E-state index in [0.717, 1.165) is 12.8 Å². The molecular weight excluding hydrogens is 371 g/mol. The summed E-state index contributed by atoms with van der Waals surface area (Å²) >= 11 is 0. The van der Waals surface area contributed by atoms with Crippen LogP contribution in [0.2, 0.25) is 0 Å². The number of rotatable bonds is 0. The normalized spacial score (nSPS) is 13.2. The van der Waals surface area contributed by atoms with E-state index in [0.29, 0.717) is 0 Å². The Labute approximate surface area is 125 Å². The predicted molar refractivity (Wildman–Crippen MR) is 69.5 cm³/mol. The molecule has 17 heavy (non-hydrogen) atoms. The minimum atomic E-state index is 0. The van der Waals surface area contributed by atoms with Gasteiger partial charge < -0.3 is 1.43 Å². The van der Waals surface area contributed by atoms with Crippen LogP contribution in [0.5, 0.6) is 0 Å². The van der Waals surface area contributed by atoms with Crippen molar-refractivity contribution in [3.63, 3.8) is 0 Å². The maximum Gasteiger partial charge on any atom is 4.00 e. The Morgan fingerprint density at radius 2 is 1.29 bits per heavy atom. The summed E-state index contributed by atoms with van der Waals surface area (Å²) < 4.78 is 0. The topological polar surface area (TPSA) is 0 Å². The zero-order valence-electron chi connectivity index (χ0n) is 10.8. The molecule has 1 aromatic rings. The first-order valence-corrected chi connectivity index (χ1v) is 5.34. The van der Waals surface area contributed by atoms with Gasteiger partial charge in [-0.15, -0.1) is 12.8 Å². The summed E-state index contributed by atoms with van der Waals surface area (Å²) in [5, 5.41) is 0. The van der Waals surface area contributed by atoms with Crippen LogP contribution in [0.15, 0.2) is 66.8 Å². The Morgan fingerprint density at radius 3 is 1.41 bits per heavy atom. The molecule has 2 aliphatic carbocycles.